The van der Waals surface area contributed by atoms with E-state index in [1.807, 2.05) is 7.05 Å². The van der Waals surface area contributed by atoms with Gasteiger partial charge in [-0.15, -0.1) is 0 Å². The Balaban J connectivity index is 2.54. The van der Waals surface area contributed by atoms with Crippen LogP contribution < -0.4 is 5.32 Å². The molecular formula is C8H15N3. The maximum absolute atomic E-state index is 8.90. The van der Waals surface area contributed by atoms with E-state index < -0.39 is 0 Å². The van der Waals surface area contributed by atoms with Gasteiger partial charge in [0.25, 0.3) is 0 Å². The fraction of sp³-hybridized carbons (Fsp3) is 0.875. The van der Waals surface area contributed by atoms with Crippen LogP contribution in [0.5, 0.6) is 0 Å². The molecule has 0 radical (unpaired) electrons. The van der Waals surface area contributed by atoms with Crippen molar-refractivity contribution in [3.05, 3.63) is 0 Å². The van der Waals surface area contributed by atoms with Crippen molar-refractivity contribution in [1.82, 2.24) is 10.2 Å². The lowest BCUT2D eigenvalue weighted by atomic mass is 9.89. The van der Waals surface area contributed by atoms with Crippen molar-refractivity contribution in [3.8, 4) is 6.07 Å². The number of piperidine rings is 1. The van der Waals surface area contributed by atoms with E-state index >= 15 is 0 Å². The summed E-state index contributed by atoms with van der Waals surface area (Å²) in [5.41, 5.74) is -0.244. The molecule has 0 unspecified atom stereocenters. The van der Waals surface area contributed by atoms with Gasteiger partial charge in [0.2, 0.25) is 0 Å². The zero-order valence-corrected chi connectivity index (χ0v) is 7.22. The third-order valence-electron chi connectivity index (χ3n) is 2.53. The maximum Gasteiger partial charge on any atom is 0.108 e. The van der Waals surface area contributed by atoms with Crippen LogP contribution in [0.4, 0.5) is 0 Å². The molecular weight excluding hydrogens is 138 g/mol. The Morgan fingerprint density at radius 2 is 2.00 bits per heavy atom. The molecule has 1 fully saturated rings. The van der Waals surface area contributed by atoms with Gasteiger partial charge in [0, 0.05) is 13.1 Å². The molecule has 3 heteroatoms. The summed E-state index contributed by atoms with van der Waals surface area (Å²) in [5.74, 6) is 0. The second-order valence-electron chi connectivity index (χ2n) is 3.25. The van der Waals surface area contributed by atoms with Crippen molar-refractivity contribution in [2.45, 2.75) is 18.4 Å². The van der Waals surface area contributed by atoms with Gasteiger partial charge in [0.05, 0.1) is 6.07 Å². The molecule has 1 N–H and O–H groups in total. The van der Waals surface area contributed by atoms with E-state index in [9.17, 15) is 0 Å². The van der Waals surface area contributed by atoms with Crippen LogP contribution in [-0.2, 0) is 0 Å². The first-order valence-corrected chi connectivity index (χ1v) is 4.01. The number of rotatable bonds is 1. The summed E-state index contributed by atoms with van der Waals surface area (Å²) in [4.78, 5) is 2.26. The second-order valence-corrected chi connectivity index (χ2v) is 3.25. The molecule has 0 aromatic heterocycles. The van der Waals surface area contributed by atoms with Gasteiger partial charge in [-0.2, -0.15) is 5.26 Å². The van der Waals surface area contributed by atoms with Crippen LogP contribution in [0.1, 0.15) is 12.8 Å². The lowest BCUT2D eigenvalue weighted by Gasteiger charge is -2.34. The summed E-state index contributed by atoms with van der Waals surface area (Å²) < 4.78 is 0. The maximum atomic E-state index is 8.90. The minimum Gasteiger partial charge on any atom is -0.306 e. The number of hydrogen-bond donors (Lipinski definition) is 1. The Kier molecular flexibility index (Phi) is 2.48. The molecule has 1 saturated heterocycles. The average Bonchev–Trinajstić information content (AvgIpc) is 2.07. The zero-order valence-electron chi connectivity index (χ0n) is 7.22. The molecule has 1 aliphatic heterocycles. The van der Waals surface area contributed by atoms with Crippen LogP contribution in [0.3, 0.4) is 0 Å². The molecule has 1 heterocycles. The van der Waals surface area contributed by atoms with Gasteiger partial charge < -0.3 is 10.2 Å². The van der Waals surface area contributed by atoms with Crippen molar-refractivity contribution in [1.29, 1.82) is 5.26 Å². The Morgan fingerprint density at radius 1 is 1.45 bits per heavy atom. The van der Waals surface area contributed by atoms with Gasteiger partial charge in [-0.05, 0) is 26.9 Å². The molecule has 1 rings (SSSR count). The van der Waals surface area contributed by atoms with Gasteiger partial charge in [0.1, 0.15) is 5.54 Å². The summed E-state index contributed by atoms with van der Waals surface area (Å²) in [6.07, 6.45) is 1.88. The fourth-order valence-electron chi connectivity index (χ4n) is 1.42. The first kappa shape index (κ1) is 8.51. The van der Waals surface area contributed by atoms with Crippen LogP contribution >= 0.6 is 0 Å². The summed E-state index contributed by atoms with van der Waals surface area (Å²) in [6, 6.07) is 2.35. The highest BCUT2D eigenvalue weighted by Crippen LogP contribution is 2.19. The lowest BCUT2D eigenvalue weighted by molar-refractivity contribution is 0.203. The number of hydrogen-bond acceptors (Lipinski definition) is 3. The van der Waals surface area contributed by atoms with E-state index in [0.717, 1.165) is 25.9 Å². The number of nitrogens with zero attached hydrogens (tertiary/aromatic N) is 2. The van der Waals surface area contributed by atoms with E-state index in [2.05, 4.69) is 23.3 Å². The normalized spacial score (nSPS) is 24.5. The monoisotopic (exact) mass is 153 g/mol. The van der Waals surface area contributed by atoms with E-state index in [1.54, 1.807) is 0 Å². The standard InChI is InChI=1S/C8H15N3/c1-10-8(7-9)3-5-11(2)6-4-8/h10H,3-6H2,1-2H3. The van der Waals surface area contributed by atoms with Crippen molar-refractivity contribution in [2.75, 3.05) is 27.2 Å². The topological polar surface area (TPSA) is 39.1 Å². The van der Waals surface area contributed by atoms with E-state index in [0.29, 0.717) is 0 Å². The SMILES string of the molecule is CNC1(C#N)CCN(C)CC1. The van der Waals surface area contributed by atoms with Crippen LogP contribution in [0.2, 0.25) is 0 Å². The molecule has 0 amide bonds. The Bertz CT molecular complexity index is 163. The molecule has 0 bridgehead atoms. The molecule has 0 aromatic carbocycles. The lowest BCUT2D eigenvalue weighted by Crippen LogP contribution is -2.50. The average molecular weight is 153 g/mol. The van der Waals surface area contributed by atoms with Gasteiger partial charge in [-0.25, -0.2) is 0 Å². The summed E-state index contributed by atoms with van der Waals surface area (Å²) in [6.45, 7) is 2.04. The summed E-state index contributed by atoms with van der Waals surface area (Å²) >= 11 is 0. The molecule has 3 nitrogen and oxygen atoms in total. The molecule has 0 spiro atoms. The van der Waals surface area contributed by atoms with Crippen LogP contribution in [-0.4, -0.2) is 37.6 Å². The molecule has 62 valence electrons. The largest absolute Gasteiger partial charge is 0.306 e. The molecule has 1 aliphatic rings. The van der Waals surface area contributed by atoms with Crippen LogP contribution in [0.25, 0.3) is 0 Å². The number of likely N-dealkylation sites (tertiary alicyclic amines) is 1. The third kappa shape index (κ3) is 1.70. The van der Waals surface area contributed by atoms with Gasteiger partial charge in [-0.1, -0.05) is 0 Å². The van der Waals surface area contributed by atoms with E-state index in [-0.39, 0.29) is 5.54 Å². The Labute approximate surface area is 68.0 Å². The van der Waals surface area contributed by atoms with Gasteiger partial charge >= 0.3 is 0 Å². The molecule has 0 atom stereocenters. The molecule has 0 aliphatic carbocycles. The first-order chi connectivity index (χ1) is 5.22. The second kappa shape index (κ2) is 3.21. The highest BCUT2D eigenvalue weighted by atomic mass is 15.1. The van der Waals surface area contributed by atoms with E-state index in [1.165, 1.54) is 0 Å². The zero-order chi connectivity index (χ0) is 8.32. The van der Waals surface area contributed by atoms with Crippen molar-refractivity contribution in [3.63, 3.8) is 0 Å². The summed E-state index contributed by atoms with van der Waals surface area (Å²) in [5, 5.41) is 12.0. The van der Waals surface area contributed by atoms with Crippen molar-refractivity contribution in [2.24, 2.45) is 0 Å². The van der Waals surface area contributed by atoms with Crippen LogP contribution in [0.15, 0.2) is 0 Å². The van der Waals surface area contributed by atoms with E-state index in [4.69, 9.17) is 5.26 Å². The molecule has 11 heavy (non-hydrogen) atoms. The summed E-state index contributed by atoms with van der Waals surface area (Å²) in [7, 11) is 3.96. The minimum atomic E-state index is -0.244. The molecule has 0 saturated carbocycles. The highest BCUT2D eigenvalue weighted by molar-refractivity contribution is 5.08. The van der Waals surface area contributed by atoms with Crippen LogP contribution in [0, 0.1) is 11.3 Å². The Morgan fingerprint density at radius 3 is 2.36 bits per heavy atom. The number of nitrogens with one attached hydrogen (secondary N) is 1. The minimum absolute atomic E-state index is 0.244. The third-order valence-corrected chi connectivity index (χ3v) is 2.53. The van der Waals surface area contributed by atoms with Crippen molar-refractivity contribution >= 4 is 0 Å². The number of nitriles is 1. The first-order valence-electron chi connectivity index (χ1n) is 4.01. The highest BCUT2D eigenvalue weighted by Gasteiger charge is 2.31. The van der Waals surface area contributed by atoms with Gasteiger partial charge in [-0.3, -0.25) is 0 Å². The predicted octanol–water partition coefficient (Wildman–Crippen LogP) is 0.194. The predicted molar refractivity (Wildman–Crippen MR) is 44.1 cm³/mol. The Hall–Kier alpha value is -0.590. The molecule has 0 aromatic rings. The van der Waals surface area contributed by atoms with Crippen molar-refractivity contribution < 1.29 is 0 Å². The fourth-order valence-corrected chi connectivity index (χ4v) is 1.42. The smallest absolute Gasteiger partial charge is 0.108 e. The quantitative estimate of drug-likeness (QED) is 0.584. The van der Waals surface area contributed by atoms with Gasteiger partial charge in [0.15, 0.2) is 0 Å².